The summed E-state index contributed by atoms with van der Waals surface area (Å²) in [6, 6.07) is 0. The maximum atomic E-state index is 5.09. The fraction of sp³-hybridized carbons (Fsp3) is 0.375. The minimum Gasteiger partial charge on any atom is -0.361 e. The lowest BCUT2D eigenvalue weighted by Crippen LogP contribution is -1.98. The highest BCUT2D eigenvalue weighted by molar-refractivity contribution is 7.15. The summed E-state index contributed by atoms with van der Waals surface area (Å²) < 4.78 is 0. The van der Waals surface area contributed by atoms with Gasteiger partial charge in [-0.1, -0.05) is 0 Å². The van der Waals surface area contributed by atoms with E-state index < -0.39 is 0 Å². The number of terminal acetylenes is 1. The number of aromatic nitrogens is 1. The number of anilines is 1. The van der Waals surface area contributed by atoms with Crippen molar-refractivity contribution in [1.82, 2.24) is 4.98 Å². The van der Waals surface area contributed by atoms with Crippen LogP contribution in [0.25, 0.3) is 0 Å². The Morgan fingerprint density at radius 3 is 3.18 bits per heavy atom. The minimum atomic E-state index is 0.749. The van der Waals surface area contributed by atoms with Gasteiger partial charge in [0, 0.05) is 24.0 Å². The number of hydrogen-bond donors (Lipinski definition) is 1. The van der Waals surface area contributed by atoms with Gasteiger partial charge in [-0.3, -0.25) is 0 Å². The van der Waals surface area contributed by atoms with Crippen LogP contribution in [0.15, 0.2) is 6.20 Å². The van der Waals surface area contributed by atoms with Crippen LogP contribution in [0.3, 0.4) is 0 Å². The van der Waals surface area contributed by atoms with E-state index in [0.29, 0.717) is 0 Å². The summed E-state index contributed by atoms with van der Waals surface area (Å²) in [5.74, 6) is 2.56. The largest absolute Gasteiger partial charge is 0.361 e. The maximum absolute atomic E-state index is 5.09. The van der Waals surface area contributed by atoms with E-state index in [-0.39, 0.29) is 0 Å². The van der Waals surface area contributed by atoms with Crippen LogP contribution in [0.1, 0.15) is 11.3 Å². The molecule has 1 heterocycles. The van der Waals surface area contributed by atoms with Crippen molar-refractivity contribution in [2.75, 3.05) is 11.9 Å². The summed E-state index contributed by atoms with van der Waals surface area (Å²) in [5.41, 5.74) is 0. The van der Waals surface area contributed by atoms with Gasteiger partial charge in [-0.25, -0.2) is 4.98 Å². The van der Waals surface area contributed by atoms with E-state index in [1.807, 2.05) is 13.1 Å². The molecule has 0 bridgehead atoms. The molecular weight excluding hydrogens is 156 g/mol. The molecule has 0 radical (unpaired) electrons. The van der Waals surface area contributed by atoms with Crippen LogP contribution in [0.5, 0.6) is 0 Å². The van der Waals surface area contributed by atoms with E-state index >= 15 is 0 Å². The molecule has 0 atom stereocenters. The van der Waals surface area contributed by atoms with E-state index in [1.165, 1.54) is 4.88 Å². The van der Waals surface area contributed by atoms with Gasteiger partial charge >= 0.3 is 0 Å². The fourth-order valence-corrected chi connectivity index (χ4v) is 1.37. The Kier molecular flexibility index (Phi) is 2.94. The van der Waals surface area contributed by atoms with Gasteiger partial charge in [-0.15, -0.1) is 23.7 Å². The van der Waals surface area contributed by atoms with Crippen molar-refractivity contribution in [3.05, 3.63) is 11.1 Å². The molecule has 1 aromatic heterocycles. The van der Waals surface area contributed by atoms with Gasteiger partial charge in [0.1, 0.15) is 0 Å². The van der Waals surface area contributed by atoms with Crippen LogP contribution in [-0.4, -0.2) is 11.5 Å². The normalized spacial score (nSPS) is 9.09. The molecule has 11 heavy (non-hydrogen) atoms. The van der Waals surface area contributed by atoms with Crippen molar-refractivity contribution < 1.29 is 0 Å². The first-order valence-corrected chi connectivity index (χ1v) is 4.24. The molecule has 0 saturated carbocycles. The summed E-state index contributed by atoms with van der Waals surface area (Å²) in [5, 5.41) is 4.09. The Morgan fingerprint density at radius 2 is 2.64 bits per heavy atom. The summed E-state index contributed by atoms with van der Waals surface area (Å²) in [6.45, 7) is 2.84. The van der Waals surface area contributed by atoms with Gasteiger partial charge in [0.2, 0.25) is 0 Å². The SMILES string of the molecule is C#CCCNc1ncc(C)s1. The second kappa shape index (κ2) is 3.99. The molecule has 0 spiro atoms. The van der Waals surface area contributed by atoms with Gasteiger partial charge in [0.05, 0.1) is 0 Å². The second-order valence-corrected chi connectivity index (χ2v) is 3.39. The van der Waals surface area contributed by atoms with E-state index in [9.17, 15) is 0 Å². The Bertz CT molecular complexity index is 259. The van der Waals surface area contributed by atoms with Gasteiger partial charge < -0.3 is 5.32 Å². The van der Waals surface area contributed by atoms with Crippen LogP contribution in [-0.2, 0) is 0 Å². The zero-order valence-corrected chi connectivity index (χ0v) is 7.24. The maximum Gasteiger partial charge on any atom is 0.182 e. The van der Waals surface area contributed by atoms with E-state index in [0.717, 1.165) is 18.1 Å². The van der Waals surface area contributed by atoms with Crippen molar-refractivity contribution in [2.45, 2.75) is 13.3 Å². The topological polar surface area (TPSA) is 24.9 Å². The molecule has 3 heteroatoms. The highest BCUT2D eigenvalue weighted by Crippen LogP contribution is 2.15. The van der Waals surface area contributed by atoms with Gasteiger partial charge in [0.15, 0.2) is 5.13 Å². The van der Waals surface area contributed by atoms with E-state index in [1.54, 1.807) is 11.3 Å². The first-order chi connectivity index (χ1) is 5.33. The van der Waals surface area contributed by atoms with Crippen LogP contribution in [0, 0.1) is 19.3 Å². The van der Waals surface area contributed by atoms with Crippen LogP contribution < -0.4 is 5.32 Å². The fourth-order valence-electron chi connectivity index (χ4n) is 0.678. The standard InChI is InChI=1S/C8H10N2S/c1-3-4-5-9-8-10-6-7(2)11-8/h1,6H,4-5H2,2H3,(H,9,10). The Hall–Kier alpha value is -1.01. The molecule has 0 amide bonds. The van der Waals surface area contributed by atoms with E-state index in [4.69, 9.17) is 6.42 Å². The molecule has 0 aliphatic heterocycles. The number of nitrogens with zero attached hydrogens (tertiary/aromatic N) is 1. The van der Waals surface area contributed by atoms with Gasteiger partial charge in [-0.05, 0) is 6.92 Å². The molecule has 0 aliphatic rings. The molecule has 0 unspecified atom stereocenters. The molecule has 2 nitrogen and oxygen atoms in total. The third-order valence-electron chi connectivity index (χ3n) is 1.17. The van der Waals surface area contributed by atoms with Crippen molar-refractivity contribution in [1.29, 1.82) is 0 Å². The van der Waals surface area contributed by atoms with E-state index in [2.05, 4.69) is 16.2 Å². The summed E-state index contributed by atoms with van der Waals surface area (Å²) in [4.78, 5) is 5.34. The smallest absolute Gasteiger partial charge is 0.182 e. The Labute approximate surface area is 70.7 Å². The predicted molar refractivity (Wildman–Crippen MR) is 48.8 cm³/mol. The molecule has 0 fully saturated rings. The Balaban J connectivity index is 2.34. The average Bonchev–Trinajstić information content (AvgIpc) is 2.37. The molecule has 0 aliphatic carbocycles. The first kappa shape index (κ1) is 8.09. The predicted octanol–water partition coefficient (Wildman–Crippen LogP) is 1.89. The first-order valence-electron chi connectivity index (χ1n) is 3.42. The summed E-state index contributed by atoms with van der Waals surface area (Å²) in [7, 11) is 0. The number of aryl methyl sites for hydroxylation is 1. The third-order valence-corrected chi connectivity index (χ3v) is 2.04. The molecular formula is C8H10N2S. The van der Waals surface area contributed by atoms with Crippen molar-refractivity contribution in [2.24, 2.45) is 0 Å². The molecule has 0 saturated heterocycles. The Morgan fingerprint density at radius 1 is 1.82 bits per heavy atom. The number of rotatable bonds is 3. The number of nitrogens with one attached hydrogen (secondary N) is 1. The minimum absolute atomic E-state index is 0.749. The molecule has 1 aromatic rings. The summed E-state index contributed by atoms with van der Waals surface area (Å²) in [6.07, 6.45) is 7.69. The lowest BCUT2D eigenvalue weighted by Gasteiger charge is -1.95. The van der Waals surface area contributed by atoms with Crippen LogP contribution >= 0.6 is 11.3 Å². The zero-order chi connectivity index (χ0) is 8.10. The molecule has 1 rings (SSSR count). The average molecular weight is 166 g/mol. The molecule has 1 N–H and O–H groups in total. The summed E-state index contributed by atoms with van der Waals surface area (Å²) >= 11 is 1.65. The lowest BCUT2D eigenvalue weighted by atomic mass is 10.4. The quantitative estimate of drug-likeness (QED) is 0.548. The number of hydrogen-bond acceptors (Lipinski definition) is 3. The number of thiazole rings is 1. The van der Waals surface area contributed by atoms with Crippen molar-refractivity contribution in [3.63, 3.8) is 0 Å². The highest BCUT2D eigenvalue weighted by atomic mass is 32.1. The van der Waals surface area contributed by atoms with Gasteiger partial charge in [-0.2, -0.15) is 0 Å². The third kappa shape index (κ3) is 2.60. The second-order valence-electron chi connectivity index (χ2n) is 2.16. The molecule has 58 valence electrons. The van der Waals surface area contributed by atoms with Crippen LogP contribution in [0.4, 0.5) is 5.13 Å². The zero-order valence-electron chi connectivity index (χ0n) is 6.42. The van der Waals surface area contributed by atoms with Crippen LogP contribution in [0.2, 0.25) is 0 Å². The van der Waals surface area contributed by atoms with Crippen molar-refractivity contribution in [3.8, 4) is 12.3 Å². The van der Waals surface area contributed by atoms with Crippen molar-refractivity contribution >= 4 is 16.5 Å². The van der Waals surface area contributed by atoms with Gasteiger partial charge in [0.25, 0.3) is 0 Å². The lowest BCUT2D eigenvalue weighted by molar-refractivity contribution is 1.09. The monoisotopic (exact) mass is 166 g/mol. The molecule has 0 aromatic carbocycles. The highest BCUT2D eigenvalue weighted by Gasteiger charge is 1.94.